The number of aliphatic hydroxyl groups excluding tert-OH is 1. The first kappa shape index (κ1) is 21.4. The van der Waals surface area contributed by atoms with Crippen LogP contribution >= 0.6 is 0 Å². The first-order valence-electron chi connectivity index (χ1n) is 10.3. The van der Waals surface area contributed by atoms with Gasteiger partial charge in [-0.05, 0) is 55.7 Å². The smallest absolute Gasteiger partial charge is 0.254 e. The molecule has 156 valence electrons. The van der Waals surface area contributed by atoms with Gasteiger partial charge in [0.05, 0.1) is 12.2 Å². The molecular formula is C23H31N3O3. The summed E-state index contributed by atoms with van der Waals surface area (Å²) in [7, 11) is 0. The molecule has 1 aromatic carbocycles. The maximum atomic E-state index is 13.0. The van der Waals surface area contributed by atoms with Crippen LogP contribution in [0.25, 0.3) is 0 Å². The Morgan fingerprint density at radius 2 is 1.76 bits per heavy atom. The van der Waals surface area contributed by atoms with Gasteiger partial charge in [0.25, 0.3) is 5.91 Å². The number of nitrogens with zero attached hydrogens (tertiary/aromatic N) is 3. The fraction of sp³-hybridized carbons (Fsp3) is 0.478. The maximum absolute atomic E-state index is 13.0. The molecule has 3 rings (SSSR count). The number of carbonyl (C=O) groups excluding carboxylic acids is 1. The van der Waals surface area contributed by atoms with Crippen LogP contribution in [0.1, 0.15) is 41.8 Å². The van der Waals surface area contributed by atoms with Gasteiger partial charge in [0.2, 0.25) is 0 Å². The lowest BCUT2D eigenvalue weighted by Crippen LogP contribution is -2.44. The van der Waals surface area contributed by atoms with Crippen molar-refractivity contribution in [2.24, 2.45) is 0 Å². The normalized spacial score (nSPS) is 19.8. The summed E-state index contributed by atoms with van der Waals surface area (Å²) in [4.78, 5) is 21.3. The second-order valence-electron chi connectivity index (χ2n) is 7.81. The summed E-state index contributed by atoms with van der Waals surface area (Å²) < 4.78 is 5.80. The zero-order chi connectivity index (χ0) is 20.6. The van der Waals surface area contributed by atoms with E-state index in [-0.39, 0.29) is 24.7 Å². The summed E-state index contributed by atoms with van der Waals surface area (Å²) in [6, 6.07) is 11.7. The molecule has 0 unspecified atom stereocenters. The van der Waals surface area contributed by atoms with E-state index in [0.717, 1.165) is 25.2 Å². The molecule has 1 saturated heterocycles. The van der Waals surface area contributed by atoms with Crippen LogP contribution in [0, 0.1) is 0 Å². The predicted octanol–water partition coefficient (Wildman–Crippen LogP) is 2.72. The van der Waals surface area contributed by atoms with E-state index in [1.807, 2.05) is 36.4 Å². The van der Waals surface area contributed by atoms with Crippen LogP contribution < -0.4 is 0 Å². The molecule has 6 heteroatoms. The van der Waals surface area contributed by atoms with Gasteiger partial charge in [0.15, 0.2) is 0 Å². The Morgan fingerprint density at radius 3 is 2.38 bits per heavy atom. The highest BCUT2D eigenvalue weighted by atomic mass is 16.5. The lowest BCUT2D eigenvalue weighted by molar-refractivity contribution is -0.0704. The van der Waals surface area contributed by atoms with Gasteiger partial charge >= 0.3 is 0 Å². The fourth-order valence-corrected chi connectivity index (χ4v) is 3.83. The molecular weight excluding hydrogens is 366 g/mol. The average molecular weight is 398 g/mol. The van der Waals surface area contributed by atoms with E-state index in [0.29, 0.717) is 25.1 Å². The van der Waals surface area contributed by atoms with Crippen molar-refractivity contribution in [3.05, 3.63) is 65.5 Å². The fourth-order valence-electron chi connectivity index (χ4n) is 3.83. The third-order valence-electron chi connectivity index (χ3n) is 5.10. The van der Waals surface area contributed by atoms with Crippen molar-refractivity contribution in [1.29, 1.82) is 0 Å². The summed E-state index contributed by atoms with van der Waals surface area (Å²) in [5, 5.41) is 9.20. The van der Waals surface area contributed by atoms with Crippen molar-refractivity contribution in [1.82, 2.24) is 14.8 Å². The van der Waals surface area contributed by atoms with Crippen molar-refractivity contribution >= 4 is 5.91 Å². The minimum atomic E-state index is -0.0181. The SMILES string of the molecule is C[C@@H]1CN(Cc2ccc(C(=O)N(CCCO)Cc3ccncc3)cc2)C[C@@H](C)O1. The largest absolute Gasteiger partial charge is 0.396 e. The van der Waals surface area contributed by atoms with Gasteiger partial charge < -0.3 is 14.7 Å². The van der Waals surface area contributed by atoms with Crippen LogP contribution in [0.3, 0.4) is 0 Å². The Balaban J connectivity index is 1.65. The third-order valence-corrected chi connectivity index (χ3v) is 5.10. The van der Waals surface area contributed by atoms with Crippen LogP contribution in [-0.2, 0) is 17.8 Å². The van der Waals surface area contributed by atoms with E-state index in [1.54, 1.807) is 17.3 Å². The first-order valence-corrected chi connectivity index (χ1v) is 10.3. The Bertz CT molecular complexity index is 757. The quantitative estimate of drug-likeness (QED) is 0.742. The van der Waals surface area contributed by atoms with E-state index in [9.17, 15) is 9.90 Å². The predicted molar refractivity (Wildman–Crippen MR) is 112 cm³/mol. The molecule has 1 N–H and O–H groups in total. The van der Waals surface area contributed by atoms with E-state index in [2.05, 4.69) is 23.7 Å². The molecule has 0 aliphatic carbocycles. The van der Waals surface area contributed by atoms with Crippen molar-refractivity contribution in [2.45, 2.75) is 45.6 Å². The van der Waals surface area contributed by atoms with Crippen molar-refractivity contribution in [3.63, 3.8) is 0 Å². The van der Waals surface area contributed by atoms with Crippen LogP contribution in [0.2, 0.25) is 0 Å². The zero-order valence-corrected chi connectivity index (χ0v) is 17.3. The maximum Gasteiger partial charge on any atom is 0.254 e. The Hall–Kier alpha value is -2.28. The molecule has 0 radical (unpaired) electrons. The molecule has 2 heterocycles. The molecule has 1 fully saturated rings. The minimum Gasteiger partial charge on any atom is -0.396 e. The molecule has 2 atom stereocenters. The Kier molecular flexibility index (Phi) is 7.75. The van der Waals surface area contributed by atoms with E-state index < -0.39 is 0 Å². The van der Waals surface area contributed by atoms with Gasteiger partial charge in [-0.3, -0.25) is 14.7 Å². The molecule has 0 saturated carbocycles. The zero-order valence-electron chi connectivity index (χ0n) is 17.3. The number of amides is 1. The third kappa shape index (κ3) is 6.35. The number of hydrogen-bond donors (Lipinski definition) is 1. The highest BCUT2D eigenvalue weighted by molar-refractivity contribution is 5.94. The summed E-state index contributed by atoms with van der Waals surface area (Å²) >= 11 is 0. The lowest BCUT2D eigenvalue weighted by atomic mass is 10.1. The van der Waals surface area contributed by atoms with Gasteiger partial charge in [0.1, 0.15) is 0 Å². The van der Waals surface area contributed by atoms with Crippen LogP contribution in [-0.4, -0.2) is 64.2 Å². The van der Waals surface area contributed by atoms with E-state index >= 15 is 0 Å². The van der Waals surface area contributed by atoms with Crippen LogP contribution in [0.15, 0.2) is 48.8 Å². The number of ether oxygens (including phenoxy) is 1. The number of rotatable bonds is 8. The number of pyridine rings is 1. The van der Waals surface area contributed by atoms with Crippen molar-refractivity contribution in [2.75, 3.05) is 26.2 Å². The number of aliphatic hydroxyl groups is 1. The molecule has 1 aliphatic heterocycles. The summed E-state index contributed by atoms with van der Waals surface area (Å²) in [6.07, 6.45) is 4.50. The highest BCUT2D eigenvalue weighted by Gasteiger charge is 2.22. The summed E-state index contributed by atoms with van der Waals surface area (Å²) in [6.45, 7) is 8.00. The molecule has 1 amide bonds. The first-order chi connectivity index (χ1) is 14.0. The van der Waals surface area contributed by atoms with Gasteiger partial charge in [-0.25, -0.2) is 0 Å². The Morgan fingerprint density at radius 1 is 1.10 bits per heavy atom. The molecule has 1 aliphatic rings. The molecule has 2 aromatic rings. The van der Waals surface area contributed by atoms with Gasteiger partial charge in [-0.2, -0.15) is 0 Å². The second kappa shape index (κ2) is 10.5. The van der Waals surface area contributed by atoms with Gasteiger partial charge in [-0.1, -0.05) is 12.1 Å². The summed E-state index contributed by atoms with van der Waals surface area (Å²) in [5.41, 5.74) is 2.89. The van der Waals surface area contributed by atoms with Crippen molar-refractivity contribution < 1.29 is 14.6 Å². The molecule has 0 bridgehead atoms. The number of carbonyl (C=O) groups is 1. The molecule has 1 aromatic heterocycles. The number of hydrogen-bond acceptors (Lipinski definition) is 5. The monoisotopic (exact) mass is 397 g/mol. The Labute approximate surface area is 173 Å². The standard InChI is InChI=1S/C23H31N3O3/c1-18-14-25(15-19(2)29-18)16-20-4-6-22(7-5-20)23(28)26(12-3-13-27)17-21-8-10-24-11-9-21/h4-11,18-19,27H,3,12-17H2,1-2H3/t18-,19-/m1/s1. The number of morpholine rings is 1. The van der Waals surface area contributed by atoms with E-state index in [4.69, 9.17) is 4.74 Å². The summed E-state index contributed by atoms with van der Waals surface area (Å²) in [5.74, 6) is -0.0181. The minimum absolute atomic E-state index is 0.0181. The second-order valence-corrected chi connectivity index (χ2v) is 7.81. The molecule has 6 nitrogen and oxygen atoms in total. The highest BCUT2D eigenvalue weighted by Crippen LogP contribution is 2.16. The lowest BCUT2D eigenvalue weighted by Gasteiger charge is -2.35. The van der Waals surface area contributed by atoms with Crippen LogP contribution in [0.5, 0.6) is 0 Å². The molecule has 29 heavy (non-hydrogen) atoms. The number of aromatic nitrogens is 1. The van der Waals surface area contributed by atoms with E-state index in [1.165, 1.54) is 5.56 Å². The van der Waals surface area contributed by atoms with Crippen molar-refractivity contribution in [3.8, 4) is 0 Å². The van der Waals surface area contributed by atoms with Gasteiger partial charge in [-0.15, -0.1) is 0 Å². The number of benzene rings is 1. The topological polar surface area (TPSA) is 65.9 Å². The average Bonchev–Trinajstić information content (AvgIpc) is 2.71. The molecule has 0 spiro atoms. The van der Waals surface area contributed by atoms with Crippen LogP contribution in [0.4, 0.5) is 0 Å². The van der Waals surface area contributed by atoms with Gasteiger partial charge in [0, 0.05) is 57.3 Å².